The first-order valence-electron chi connectivity index (χ1n) is 5.78. The quantitative estimate of drug-likeness (QED) is 0.880. The standard InChI is InChI=1S/C15H13NO3/c16-14(17)3-1-2-10-4-5-12-9-13(15(18)19)7-6-11(12)8-10/h1-2,4-9H,3H2,(H2,16,17)(H,18,19). The van der Waals surface area contributed by atoms with Gasteiger partial charge in [0.1, 0.15) is 0 Å². The first kappa shape index (κ1) is 12.8. The van der Waals surface area contributed by atoms with Gasteiger partial charge in [-0.05, 0) is 34.5 Å². The number of rotatable bonds is 4. The zero-order valence-corrected chi connectivity index (χ0v) is 10.2. The number of nitrogens with two attached hydrogens (primary N) is 1. The van der Waals surface area contributed by atoms with Crippen LogP contribution in [0.2, 0.25) is 0 Å². The normalized spacial score (nSPS) is 10.9. The molecule has 4 heteroatoms. The van der Waals surface area contributed by atoms with Crippen molar-refractivity contribution in [1.29, 1.82) is 0 Å². The second kappa shape index (κ2) is 5.35. The number of primary amides is 1. The molecule has 0 aliphatic rings. The maximum atomic E-state index is 10.9. The topological polar surface area (TPSA) is 80.4 Å². The smallest absolute Gasteiger partial charge is 0.335 e. The molecule has 0 aliphatic carbocycles. The molecule has 0 saturated carbocycles. The van der Waals surface area contributed by atoms with Crippen LogP contribution in [-0.2, 0) is 4.79 Å². The van der Waals surface area contributed by atoms with Crippen LogP contribution < -0.4 is 5.73 Å². The number of carbonyl (C=O) groups is 2. The molecule has 2 aromatic rings. The van der Waals surface area contributed by atoms with Crippen LogP contribution in [0.4, 0.5) is 0 Å². The predicted molar refractivity (Wildman–Crippen MR) is 73.8 cm³/mol. The lowest BCUT2D eigenvalue weighted by atomic mass is 10.0. The van der Waals surface area contributed by atoms with Gasteiger partial charge in [0.05, 0.1) is 5.56 Å². The predicted octanol–water partition coefficient (Wildman–Crippen LogP) is 2.43. The minimum absolute atomic E-state index is 0.204. The van der Waals surface area contributed by atoms with Gasteiger partial charge in [-0.15, -0.1) is 0 Å². The Morgan fingerprint density at radius 3 is 2.47 bits per heavy atom. The number of carboxylic acids is 1. The molecule has 96 valence electrons. The van der Waals surface area contributed by atoms with Crippen LogP contribution in [0.15, 0.2) is 42.5 Å². The van der Waals surface area contributed by atoms with E-state index >= 15 is 0 Å². The molecule has 0 bridgehead atoms. The number of amides is 1. The van der Waals surface area contributed by atoms with Crippen molar-refractivity contribution in [2.45, 2.75) is 6.42 Å². The van der Waals surface area contributed by atoms with Crippen molar-refractivity contribution in [2.75, 3.05) is 0 Å². The summed E-state index contributed by atoms with van der Waals surface area (Å²) in [5, 5.41) is 10.7. The van der Waals surface area contributed by atoms with Crippen LogP contribution >= 0.6 is 0 Å². The van der Waals surface area contributed by atoms with Gasteiger partial charge in [-0.2, -0.15) is 0 Å². The fraction of sp³-hybridized carbons (Fsp3) is 0.0667. The van der Waals surface area contributed by atoms with Crippen LogP contribution in [0.5, 0.6) is 0 Å². The zero-order valence-electron chi connectivity index (χ0n) is 10.2. The van der Waals surface area contributed by atoms with Gasteiger partial charge in [0.2, 0.25) is 5.91 Å². The summed E-state index contributed by atoms with van der Waals surface area (Å²) in [6.07, 6.45) is 3.72. The van der Waals surface area contributed by atoms with E-state index in [2.05, 4.69) is 0 Å². The number of hydrogen-bond donors (Lipinski definition) is 2. The summed E-state index contributed by atoms with van der Waals surface area (Å²) < 4.78 is 0. The van der Waals surface area contributed by atoms with E-state index in [9.17, 15) is 9.59 Å². The third-order valence-corrected chi connectivity index (χ3v) is 2.74. The average Bonchev–Trinajstić information content (AvgIpc) is 2.37. The lowest BCUT2D eigenvalue weighted by Gasteiger charge is -2.01. The lowest BCUT2D eigenvalue weighted by molar-refractivity contribution is -0.117. The van der Waals surface area contributed by atoms with Crippen LogP contribution in [0.1, 0.15) is 22.3 Å². The van der Waals surface area contributed by atoms with Crippen molar-refractivity contribution in [2.24, 2.45) is 5.73 Å². The Bertz CT molecular complexity index is 674. The molecule has 0 aromatic heterocycles. The molecule has 4 nitrogen and oxygen atoms in total. The number of aromatic carboxylic acids is 1. The van der Waals surface area contributed by atoms with E-state index in [0.29, 0.717) is 0 Å². The summed E-state index contributed by atoms with van der Waals surface area (Å²) in [5.41, 5.74) is 6.26. The van der Waals surface area contributed by atoms with Crippen LogP contribution in [-0.4, -0.2) is 17.0 Å². The zero-order chi connectivity index (χ0) is 13.8. The van der Waals surface area contributed by atoms with Gasteiger partial charge in [0.25, 0.3) is 0 Å². The Morgan fingerprint density at radius 1 is 1.11 bits per heavy atom. The van der Waals surface area contributed by atoms with Crippen molar-refractivity contribution < 1.29 is 14.7 Å². The van der Waals surface area contributed by atoms with E-state index in [1.807, 2.05) is 24.3 Å². The molecule has 19 heavy (non-hydrogen) atoms. The average molecular weight is 255 g/mol. The number of carboxylic acid groups (broad SMARTS) is 1. The van der Waals surface area contributed by atoms with Gasteiger partial charge in [-0.1, -0.05) is 30.4 Å². The lowest BCUT2D eigenvalue weighted by Crippen LogP contribution is -2.07. The van der Waals surface area contributed by atoms with Crippen molar-refractivity contribution in [1.82, 2.24) is 0 Å². The highest BCUT2D eigenvalue weighted by molar-refractivity contribution is 5.95. The highest BCUT2D eigenvalue weighted by atomic mass is 16.4. The Balaban J connectivity index is 2.31. The minimum atomic E-state index is -0.938. The summed E-state index contributed by atoms with van der Waals surface area (Å²) in [4.78, 5) is 21.5. The van der Waals surface area contributed by atoms with E-state index in [1.54, 1.807) is 24.3 Å². The van der Waals surface area contributed by atoms with Gasteiger partial charge in [-0.3, -0.25) is 4.79 Å². The van der Waals surface area contributed by atoms with Crippen molar-refractivity contribution in [3.8, 4) is 0 Å². The summed E-state index contributed by atoms with van der Waals surface area (Å²) in [7, 11) is 0. The number of carbonyl (C=O) groups excluding carboxylic acids is 1. The minimum Gasteiger partial charge on any atom is -0.478 e. The molecule has 0 atom stereocenters. The highest BCUT2D eigenvalue weighted by Gasteiger charge is 2.03. The van der Waals surface area contributed by atoms with Crippen molar-refractivity contribution >= 4 is 28.7 Å². The molecule has 0 spiro atoms. The molecule has 2 aromatic carbocycles. The van der Waals surface area contributed by atoms with Gasteiger partial charge >= 0.3 is 5.97 Å². The Morgan fingerprint density at radius 2 is 1.79 bits per heavy atom. The van der Waals surface area contributed by atoms with E-state index in [4.69, 9.17) is 10.8 Å². The summed E-state index contributed by atoms with van der Waals surface area (Å²) >= 11 is 0. The molecule has 0 fully saturated rings. The second-order valence-electron chi connectivity index (χ2n) is 4.20. The Labute approximate surface area is 110 Å². The molecule has 0 aliphatic heterocycles. The maximum absolute atomic E-state index is 10.9. The van der Waals surface area contributed by atoms with Gasteiger partial charge in [-0.25, -0.2) is 4.79 Å². The Kier molecular flexibility index (Phi) is 3.61. The first-order chi connectivity index (χ1) is 9.06. The van der Waals surface area contributed by atoms with Crippen molar-refractivity contribution in [3.05, 3.63) is 53.6 Å². The molecule has 1 amide bonds. The summed E-state index contributed by atoms with van der Waals surface area (Å²) in [5.74, 6) is -1.31. The second-order valence-corrected chi connectivity index (χ2v) is 4.20. The molecular weight excluding hydrogens is 242 g/mol. The molecule has 0 saturated heterocycles. The first-order valence-corrected chi connectivity index (χ1v) is 5.78. The molecule has 0 radical (unpaired) electrons. The molecule has 3 N–H and O–H groups in total. The van der Waals surface area contributed by atoms with E-state index in [1.165, 1.54) is 0 Å². The van der Waals surface area contributed by atoms with Crippen LogP contribution in [0, 0.1) is 0 Å². The summed E-state index contributed by atoms with van der Waals surface area (Å²) in [6, 6.07) is 10.6. The molecule has 2 rings (SSSR count). The van der Waals surface area contributed by atoms with E-state index in [0.717, 1.165) is 16.3 Å². The third-order valence-electron chi connectivity index (χ3n) is 2.74. The Hall–Kier alpha value is -2.62. The highest BCUT2D eigenvalue weighted by Crippen LogP contribution is 2.19. The molecular formula is C15H13NO3. The third kappa shape index (κ3) is 3.19. The monoisotopic (exact) mass is 255 g/mol. The maximum Gasteiger partial charge on any atom is 0.335 e. The van der Waals surface area contributed by atoms with Crippen LogP contribution in [0.3, 0.4) is 0 Å². The van der Waals surface area contributed by atoms with Gasteiger partial charge in [0, 0.05) is 6.42 Å². The van der Waals surface area contributed by atoms with E-state index < -0.39 is 5.97 Å². The largest absolute Gasteiger partial charge is 0.478 e. The fourth-order valence-corrected chi connectivity index (χ4v) is 1.81. The number of hydrogen-bond acceptors (Lipinski definition) is 2. The molecule has 0 heterocycles. The van der Waals surface area contributed by atoms with Gasteiger partial charge in [0.15, 0.2) is 0 Å². The number of fused-ring (bicyclic) bond motifs is 1. The van der Waals surface area contributed by atoms with E-state index in [-0.39, 0.29) is 17.9 Å². The van der Waals surface area contributed by atoms with Crippen LogP contribution in [0.25, 0.3) is 16.8 Å². The summed E-state index contributed by atoms with van der Waals surface area (Å²) in [6.45, 7) is 0. The number of benzene rings is 2. The fourth-order valence-electron chi connectivity index (χ4n) is 1.81. The van der Waals surface area contributed by atoms with Crippen molar-refractivity contribution in [3.63, 3.8) is 0 Å². The molecule has 0 unspecified atom stereocenters. The van der Waals surface area contributed by atoms with Gasteiger partial charge < -0.3 is 10.8 Å². The SMILES string of the molecule is NC(=O)CC=Cc1ccc2cc(C(=O)O)ccc2c1.